The Morgan fingerprint density at radius 1 is 1.22 bits per heavy atom. The molecule has 0 saturated heterocycles. The molecule has 2 N–H and O–H groups in total. The van der Waals surface area contributed by atoms with Crippen LogP contribution in [0.3, 0.4) is 0 Å². The molecule has 0 fully saturated rings. The van der Waals surface area contributed by atoms with Crippen molar-refractivity contribution in [1.82, 2.24) is 4.98 Å². The van der Waals surface area contributed by atoms with Gasteiger partial charge in [0.1, 0.15) is 11.6 Å². The molecular weight excluding hydrogens is 290 g/mol. The first kappa shape index (κ1) is 16.8. The van der Waals surface area contributed by atoms with Crippen LogP contribution < -0.4 is 15.4 Å². The Kier molecular flexibility index (Phi) is 5.97. The van der Waals surface area contributed by atoms with Gasteiger partial charge in [-0.2, -0.15) is 0 Å². The zero-order chi connectivity index (χ0) is 16.7. The summed E-state index contributed by atoms with van der Waals surface area (Å²) in [5.74, 6) is 0.949. The third-order valence-corrected chi connectivity index (χ3v) is 3.45. The maximum Gasteiger partial charge on any atom is 0.263 e. The number of hydrogen-bond donors (Lipinski definition) is 2. The number of rotatable bonds is 7. The van der Waals surface area contributed by atoms with Gasteiger partial charge in [-0.25, -0.2) is 4.98 Å². The second-order valence-electron chi connectivity index (χ2n) is 5.54. The predicted molar refractivity (Wildman–Crippen MR) is 92.9 cm³/mol. The van der Waals surface area contributed by atoms with Crippen LogP contribution in [0.4, 0.5) is 11.5 Å². The average molecular weight is 313 g/mol. The largest absolute Gasteiger partial charge is 0.484 e. The van der Waals surface area contributed by atoms with Gasteiger partial charge < -0.3 is 15.4 Å². The van der Waals surface area contributed by atoms with Gasteiger partial charge in [0.2, 0.25) is 0 Å². The molecule has 5 nitrogen and oxygen atoms in total. The van der Waals surface area contributed by atoms with Gasteiger partial charge in [0, 0.05) is 6.04 Å². The molecule has 1 aromatic carbocycles. The second-order valence-corrected chi connectivity index (χ2v) is 5.54. The molecule has 1 atom stereocenters. The van der Waals surface area contributed by atoms with E-state index < -0.39 is 0 Å². The molecule has 1 heterocycles. The van der Waals surface area contributed by atoms with Crippen molar-refractivity contribution in [2.75, 3.05) is 17.2 Å². The molecule has 0 aliphatic heterocycles. The van der Waals surface area contributed by atoms with Crippen LogP contribution >= 0.6 is 0 Å². The summed E-state index contributed by atoms with van der Waals surface area (Å²) in [7, 11) is 0. The first-order valence-corrected chi connectivity index (χ1v) is 7.78. The van der Waals surface area contributed by atoms with E-state index in [1.54, 1.807) is 12.3 Å². The maximum absolute atomic E-state index is 11.9. The molecule has 0 bridgehead atoms. The summed E-state index contributed by atoms with van der Waals surface area (Å²) < 4.78 is 5.43. The number of aromatic nitrogens is 1. The number of pyridine rings is 1. The quantitative estimate of drug-likeness (QED) is 0.819. The normalized spacial score (nSPS) is 11.6. The Bertz CT molecular complexity index is 624. The Labute approximate surface area is 137 Å². The molecule has 1 unspecified atom stereocenters. The Morgan fingerprint density at radius 2 is 1.96 bits per heavy atom. The summed E-state index contributed by atoms with van der Waals surface area (Å²) in [4.78, 5) is 16.1. The lowest BCUT2D eigenvalue weighted by atomic mass is 10.2. The van der Waals surface area contributed by atoms with E-state index in [2.05, 4.69) is 29.5 Å². The zero-order valence-electron chi connectivity index (χ0n) is 13.8. The summed E-state index contributed by atoms with van der Waals surface area (Å²) in [6.07, 6.45) is 2.75. The first-order chi connectivity index (χ1) is 11.1. The number of nitrogens with zero attached hydrogens (tertiary/aromatic N) is 1. The smallest absolute Gasteiger partial charge is 0.263 e. The van der Waals surface area contributed by atoms with Crippen LogP contribution in [0.1, 0.15) is 25.8 Å². The van der Waals surface area contributed by atoms with Gasteiger partial charge in [0.25, 0.3) is 5.91 Å². The summed E-state index contributed by atoms with van der Waals surface area (Å²) in [5.41, 5.74) is 2.09. The zero-order valence-corrected chi connectivity index (χ0v) is 13.8. The molecule has 2 aromatic rings. The van der Waals surface area contributed by atoms with Gasteiger partial charge in [0.05, 0.1) is 11.9 Å². The highest BCUT2D eigenvalue weighted by atomic mass is 16.5. The second kappa shape index (κ2) is 8.17. The maximum atomic E-state index is 11.9. The molecule has 5 heteroatoms. The molecular formula is C18H23N3O2. The van der Waals surface area contributed by atoms with Crippen molar-refractivity contribution in [1.29, 1.82) is 0 Å². The lowest BCUT2D eigenvalue weighted by Gasteiger charge is -2.13. The molecule has 0 aliphatic carbocycles. The summed E-state index contributed by atoms with van der Waals surface area (Å²) in [5, 5.41) is 6.04. The minimum atomic E-state index is -0.235. The van der Waals surface area contributed by atoms with Crippen LogP contribution in [0.15, 0.2) is 42.6 Å². The predicted octanol–water partition coefficient (Wildman–Crippen LogP) is 3.62. The number of anilines is 2. The number of nitrogens with one attached hydrogen (secondary N) is 2. The molecule has 0 spiro atoms. The topological polar surface area (TPSA) is 63.2 Å². The standard InChI is InChI=1S/C18H23N3O2/c1-4-14(3)20-15-7-10-17(19-11-15)21-18(22)12-23-16-8-5-13(2)6-9-16/h5-11,14,20H,4,12H2,1-3H3,(H,19,21,22). The van der Waals surface area contributed by atoms with Crippen LogP contribution in [0.25, 0.3) is 0 Å². The number of hydrogen-bond acceptors (Lipinski definition) is 4. The van der Waals surface area contributed by atoms with E-state index in [0.717, 1.165) is 17.7 Å². The SMILES string of the molecule is CCC(C)Nc1ccc(NC(=O)COc2ccc(C)cc2)nc1. The number of ether oxygens (including phenoxy) is 1. The fraction of sp³-hybridized carbons (Fsp3) is 0.333. The van der Waals surface area contributed by atoms with Crippen LogP contribution in [0, 0.1) is 6.92 Å². The van der Waals surface area contributed by atoms with Crippen molar-refractivity contribution in [3.05, 3.63) is 48.2 Å². The van der Waals surface area contributed by atoms with E-state index in [4.69, 9.17) is 4.74 Å². The van der Waals surface area contributed by atoms with Crippen molar-refractivity contribution >= 4 is 17.4 Å². The fourth-order valence-corrected chi connectivity index (χ4v) is 1.90. The fourth-order valence-electron chi connectivity index (χ4n) is 1.90. The van der Waals surface area contributed by atoms with Crippen molar-refractivity contribution in [3.8, 4) is 5.75 Å². The Balaban J connectivity index is 1.81. The lowest BCUT2D eigenvalue weighted by Crippen LogP contribution is -2.21. The molecule has 1 aromatic heterocycles. The molecule has 2 rings (SSSR count). The molecule has 0 aliphatic rings. The summed E-state index contributed by atoms with van der Waals surface area (Å²) in [6, 6.07) is 11.6. The van der Waals surface area contributed by atoms with Gasteiger partial charge in [-0.1, -0.05) is 24.6 Å². The number of carbonyl (C=O) groups is 1. The number of carbonyl (C=O) groups excluding carboxylic acids is 1. The Hall–Kier alpha value is -2.56. The van der Waals surface area contributed by atoms with Crippen LogP contribution in [0.2, 0.25) is 0 Å². The van der Waals surface area contributed by atoms with Gasteiger partial charge in [-0.05, 0) is 44.5 Å². The third kappa shape index (κ3) is 5.62. The van der Waals surface area contributed by atoms with Crippen molar-refractivity contribution in [2.24, 2.45) is 0 Å². The Morgan fingerprint density at radius 3 is 2.57 bits per heavy atom. The van der Waals surface area contributed by atoms with Gasteiger partial charge >= 0.3 is 0 Å². The molecule has 23 heavy (non-hydrogen) atoms. The highest BCUT2D eigenvalue weighted by Gasteiger charge is 2.05. The van der Waals surface area contributed by atoms with E-state index >= 15 is 0 Å². The molecule has 1 amide bonds. The van der Waals surface area contributed by atoms with E-state index in [0.29, 0.717) is 17.6 Å². The van der Waals surface area contributed by atoms with Crippen LogP contribution in [-0.2, 0) is 4.79 Å². The number of amides is 1. The van der Waals surface area contributed by atoms with Crippen LogP contribution in [-0.4, -0.2) is 23.5 Å². The minimum Gasteiger partial charge on any atom is -0.484 e. The lowest BCUT2D eigenvalue weighted by molar-refractivity contribution is -0.118. The highest BCUT2D eigenvalue weighted by Crippen LogP contribution is 2.13. The van der Waals surface area contributed by atoms with Crippen LogP contribution in [0.5, 0.6) is 5.75 Å². The minimum absolute atomic E-state index is 0.0440. The summed E-state index contributed by atoms with van der Waals surface area (Å²) in [6.45, 7) is 6.19. The third-order valence-electron chi connectivity index (χ3n) is 3.45. The monoisotopic (exact) mass is 313 g/mol. The van der Waals surface area contributed by atoms with Crippen molar-refractivity contribution in [3.63, 3.8) is 0 Å². The average Bonchev–Trinajstić information content (AvgIpc) is 2.56. The van der Waals surface area contributed by atoms with Gasteiger partial charge in [0.15, 0.2) is 6.61 Å². The van der Waals surface area contributed by atoms with E-state index in [-0.39, 0.29) is 12.5 Å². The number of aryl methyl sites for hydroxylation is 1. The van der Waals surface area contributed by atoms with E-state index in [1.165, 1.54) is 0 Å². The van der Waals surface area contributed by atoms with E-state index in [1.807, 2.05) is 37.3 Å². The highest BCUT2D eigenvalue weighted by molar-refractivity contribution is 5.91. The molecule has 0 saturated carbocycles. The first-order valence-electron chi connectivity index (χ1n) is 7.78. The van der Waals surface area contributed by atoms with Crippen molar-refractivity contribution in [2.45, 2.75) is 33.2 Å². The molecule has 0 radical (unpaired) electrons. The van der Waals surface area contributed by atoms with Crippen molar-refractivity contribution < 1.29 is 9.53 Å². The number of benzene rings is 1. The van der Waals surface area contributed by atoms with Gasteiger partial charge in [-0.15, -0.1) is 0 Å². The summed E-state index contributed by atoms with van der Waals surface area (Å²) >= 11 is 0. The molecule has 122 valence electrons. The van der Waals surface area contributed by atoms with Gasteiger partial charge in [-0.3, -0.25) is 4.79 Å². The van der Waals surface area contributed by atoms with E-state index in [9.17, 15) is 4.79 Å².